The van der Waals surface area contributed by atoms with Crippen LogP contribution in [0.3, 0.4) is 0 Å². The molecule has 1 aromatic carbocycles. The van der Waals surface area contributed by atoms with Crippen molar-refractivity contribution in [1.82, 2.24) is 20.9 Å². The lowest BCUT2D eigenvalue weighted by Gasteiger charge is -2.40. The predicted molar refractivity (Wildman–Crippen MR) is 130 cm³/mol. The molecule has 0 saturated carbocycles. The fourth-order valence-electron chi connectivity index (χ4n) is 4.76. The Morgan fingerprint density at radius 2 is 1.91 bits per heavy atom. The molecule has 1 aromatic rings. The number of amides is 1. The third kappa shape index (κ3) is 6.94. The van der Waals surface area contributed by atoms with Crippen LogP contribution >= 0.6 is 0 Å². The summed E-state index contributed by atoms with van der Waals surface area (Å²) in [5.74, 6) is 1.60. The smallest absolute Gasteiger partial charge is 0.220 e. The average molecular weight is 444 g/mol. The van der Waals surface area contributed by atoms with Gasteiger partial charge in [0.05, 0.1) is 6.54 Å². The summed E-state index contributed by atoms with van der Waals surface area (Å²) in [6.07, 6.45) is 4.60. The number of piperidine rings is 1. The largest absolute Gasteiger partial charge is 0.381 e. The van der Waals surface area contributed by atoms with Crippen molar-refractivity contribution in [2.24, 2.45) is 10.9 Å². The number of carbonyl (C=O) groups excluding carboxylic acids is 1. The van der Waals surface area contributed by atoms with Crippen LogP contribution in [0, 0.1) is 5.92 Å². The number of nitrogens with one attached hydrogen (secondary N) is 3. The summed E-state index contributed by atoms with van der Waals surface area (Å²) in [6, 6.07) is 10.9. The van der Waals surface area contributed by atoms with E-state index in [1.54, 1.807) is 7.05 Å². The highest BCUT2D eigenvalue weighted by atomic mass is 16.5. The van der Waals surface area contributed by atoms with Crippen LogP contribution in [0.25, 0.3) is 0 Å². The van der Waals surface area contributed by atoms with Gasteiger partial charge in [-0.1, -0.05) is 30.3 Å². The van der Waals surface area contributed by atoms with Gasteiger partial charge < -0.3 is 25.6 Å². The quantitative estimate of drug-likeness (QED) is 0.425. The second kappa shape index (κ2) is 12.2. The Morgan fingerprint density at radius 1 is 1.22 bits per heavy atom. The molecule has 0 radical (unpaired) electrons. The maximum atomic E-state index is 11.7. The predicted octanol–water partition coefficient (Wildman–Crippen LogP) is 2.70. The van der Waals surface area contributed by atoms with E-state index in [0.29, 0.717) is 12.3 Å². The molecule has 2 fully saturated rings. The lowest BCUT2D eigenvalue weighted by molar-refractivity contribution is -0.121. The molecular weight excluding hydrogens is 402 g/mol. The second-order valence-corrected chi connectivity index (χ2v) is 9.15. The SMILES string of the molecule is CCNC(=NCC1(NC(C)c2ccccc2)CCOCC1)N1CCC(CC(=O)NC)CC1. The molecule has 178 valence electrons. The standard InChI is InChI=1S/C25H41N5O2/c1-4-27-24(30-14-10-21(11-15-30)18-23(31)26-3)28-19-25(12-16-32-17-13-25)29-20(2)22-8-6-5-7-9-22/h5-9,20-21,29H,4,10-19H2,1-3H3,(H,26,31)(H,27,28). The molecule has 1 amide bonds. The highest BCUT2D eigenvalue weighted by Gasteiger charge is 2.34. The molecule has 7 heteroatoms. The van der Waals surface area contributed by atoms with Crippen molar-refractivity contribution < 1.29 is 9.53 Å². The highest BCUT2D eigenvalue weighted by molar-refractivity contribution is 5.80. The van der Waals surface area contributed by atoms with E-state index in [1.165, 1.54) is 5.56 Å². The highest BCUT2D eigenvalue weighted by Crippen LogP contribution is 2.26. The first-order chi connectivity index (χ1) is 15.5. The zero-order chi connectivity index (χ0) is 22.8. The summed E-state index contributed by atoms with van der Waals surface area (Å²) in [5.41, 5.74) is 1.23. The topological polar surface area (TPSA) is 78.0 Å². The van der Waals surface area contributed by atoms with Crippen LogP contribution < -0.4 is 16.0 Å². The zero-order valence-electron chi connectivity index (χ0n) is 20.0. The van der Waals surface area contributed by atoms with Gasteiger partial charge in [0.1, 0.15) is 0 Å². The van der Waals surface area contributed by atoms with E-state index in [1.807, 2.05) is 0 Å². The minimum atomic E-state index is -0.0638. The average Bonchev–Trinajstić information content (AvgIpc) is 2.83. The number of benzene rings is 1. The Bertz CT molecular complexity index is 725. The molecule has 2 heterocycles. The maximum Gasteiger partial charge on any atom is 0.220 e. The van der Waals surface area contributed by atoms with Gasteiger partial charge in [-0.05, 0) is 51.0 Å². The molecule has 0 aliphatic carbocycles. The minimum Gasteiger partial charge on any atom is -0.381 e. The van der Waals surface area contributed by atoms with Crippen LogP contribution in [0.4, 0.5) is 0 Å². The molecule has 3 rings (SSSR count). The summed E-state index contributed by atoms with van der Waals surface area (Å²) in [5, 5.41) is 10.2. The van der Waals surface area contributed by atoms with Gasteiger partial charge in [0.25, 0.3) is 0 Å². The van der Waals surface area contributed by atoms with E-state index in [4.69, 9.17) is 9.73 Å². The molecule has 0 bridgehead atoms. The fraction of sp³-hybridized carbons (Fsp3) is 0.680. The summed E-state index contributed by atoms with van der Waals surface area (Å²) in [6.45, 7) is 9.35. The number of guanidine groups is 1. The summed E-state index contributed by atoms with van der Waals surface area (Å²) in [7, 11) is 1.71. The third-order valence-electron chi connectivity index (χ3n) is 6.81. The van der Waals surface area contributed by atoms with Gasteiger partial charge in [-0.25, -0.2) is 0 Å². The van der Waals surface area contributed by atoms with Crippen molar-refractivity contribution in [2.75, 3.05) is 46.4 Å². The number of nitrogens with zero attached hydrogens (tertiary/aromatic N) is 2. The number of hydrogen-bond donors (Lipinski definition) is 3. The number of aliphatic imine (C=N–C) groups is 1. The van der Waals surface area contributed by atoms with Gasteiger partial charge in [-0.15, -0.1) is 0 Å². The van der Waals surface area contributed by atoms with E-state index in [2.05, 4.69) is 65.0 Å². The van der Waals surface area contributed by atoms with E-state index in [-0.39, 0.29) is 17.5 Å². The number of hydrogen-bond acceptors (Lipinski definition) is 4. The van der Waals surface area contributed by atoms with Crippen molar-refractivity contribution in [3.63, 3.8) is 0 Å². The van der Waals surface area contributed by atoms with Crippen molar-refractivity contribution in [3.8, 4) is 0 Å². The lowest BCUT2D eigenvalue weighted by Crippen LogP contribution is -2.54. The van der Waals surface area contributed by atoms with Crippen molar-refractivity contribution in [3.05, 3.63) is 35.9 Å². The van der Waals surface area contributed by atoms with Crippen LogP contribution in [0.15, 0.2) is 35.3 Å². The Balaban J connectivity index is 1.66. The van der Waals surface area contributed by atoms with Crippen LogP contribution in [-0.4, -0.2) is 68.7 Å². The van der Waals surface area contributed by atoms with E-state index >= 15 is 0 Å². The van der Waals surface area contributed by atoms with Crippen LogP contribution in [-0.2, 0) is 9.53 Å². The molecule has 32 heavy (non-hydrogen) atoms. The molecule has 1 unspecified atom stereocenters. The molecule has 0 aromatic heterocycles. The summed E-state index contributed by atoms with van der Waals surface area (Å²) < 4.78 is 5.69. The van der Waals surface area contributed by atoms with Crippen molar-refractivity contribution in [2.45, 2.75) is 57.5 Å². The Labute approximate surface area is 193 Å². The molecular formula is C25H41N5O2. The monoisotopic (exact) mass is 443 g/mol. The second-order valence-electron chi connectivity index (χ2n) is 9.15. The van der Waals surface area contributed by atoms with Crippen molar-refractivity contribution >= 4 is 11.9 Å². The normalized spacial score (nSPS) is 20.6. The lowest BCUT2D eigenvalue weighted by atomic mass is 9.88. The molecule has 3 N–H and O–H groups in total. The zero-order valence-corrected chi connectivity index (χ0v) is 20.0. The van der Waals surface area contributed by atoms with E-state index in [0.717, 1.165) is 71.0 Å². The number of likely N-dealkylation sites (tertiary alicyclic amines) is 1. The molecule has 2 aliphatic heterocycles. The maximum absolute atomic E-state index is 11.7. The molecule has 2 saturated heterocycles. The minimum absolute atomic E-state index is 0.0638. The first-order valence-electron chi connectivity index (χ1n) is 12.2. The Hall–Kier alpha value is -2.12. The summed E-state index contributed by atoms with van der Waals surface area (Å²) in [4.78, 5) is 19.2. The number of rotatable bonds is 8. The van der Waals surface area contributed by atoms with Gasteiger partial charge in [0, 0.05) is 57.9 Å². The molecule has 0 spiro atoms. The van der Waals surface area contributed by atoms with Gasteiger partial charge >= 0.3 is 0 Å². The first-order valence-corrected chi connectivity index (χ1v) is 12.2. The molecule has 2 aliphatic rings. The van der Waals surface area contributed by atoms with Crippen LogP contribution in [0.5, 0.6) is 0 Å². The number of ether oxygens (including phenoxy) is 1. The van der Waals surface area contributed by atoms with E-state index in [9.17, 15) is 4.79 Å². The third-order valence-corrected chi connectivity index (χ3v) is 6.81. The van der Waals surface area contributed by atoms with Gasteiger partial charge in [0.2, 0.25) is 5.91 Å². The van der Waals surface area contributed by atoms with E-state index < -0.39 is 0 Å². The van der Waals surface area contributed by atoms with Gasteiger partial charge in [-0.2, -0.15) is 0 Å². The molecule has 1 atom stereocenters. The van der Waals surface area contributed by atoms with Crippen molar-refractivity contribution in [1.29, 1.82) is 0 Å². The van der Waals surface area contributed by atoms with Gasteiger partial charge in [-0.3, -0.25) is 9.79 Å². The molecule has 7 nitrogen and oxygen atoms in total. The Morgan fingerprint density at radius 3 is 2.53 bits per heavy atom. The Kier molecular flexibility index (Phi) is 9.36. The summed E-state index contributed by atoms with van der Waals surface area (Å²) >= 11 is 0. The van der Waals surface area contributed by atoms with Crippen LogP contribution in [0.2, 0.25) is 0 Å². The van der Waals surface area contributed by atoms with Crippen LogP contribution in [0.1, 0.15) is 57.6 Å². The fourth-order valence-corrected chi connectivity index (χ4v) is 4.76. The van der Waals surface area contributed by atoms with Gasteiger partial charge in [0.15, 0.2) is 5.96 Å². The number of carbonyl (C=O) groups is 1. The first kappa shape index (κ1) is 24.5.